The topological polar surface area (TPSA) is 44.8 Å². The molecule has 0 amide bonds. The first-order valence-electron chi connectivity index (χ1n) is 24.0. The van der Waals surface area contributed by atoms with Crippen molar-refractivity contribution in [1.29, 1.82) is 0 Å². The molecule has 5 heteroatoms. The molecule has 0 aromatic heterocycles. The molecular formula is C55H78O4S. The maximum Gasteiger partial charge on any atom is 0.339 e. The van der Waals surface area contributed by atoms with E-state index in [1.807, 2.05) is 66.7 Å². The molecule has 0 aliphatic heterocycles. The maximum absolute atomic E-state index is 13.5. The maximum atomic E-state index is 13.5. The molecule has 4 nitrogen and oxygen atoms in total. The van der Waals surface area contributed by atoms with Gasteiger partial charge in [0.25, 0.3) is 0 Å². The van der Waals surface area contributed by atoms with Crippen molar-refractivity contribution in [3.05, 3.63) is 94.5 Å². The van der Waals surface area contributed by atoms with Gasteiger partial charge in [0.05, 0.1) is 25.4 Å². The molecular weight excluding hydrogens is 757 g/mol. The van der Waals surface area contributed by atoms with E-state index < -0.39 is 0 Å². The fourth-order valence-corrected chi connectivity index (χ4v) is 7.40. The van der Waals surface area contributed by atoms with Crippen molar-refractivity contribution in [3.63, 3.8) is 0 Å². The first-order chi connectivity index (χ1) is 29.6. The molecule has 0 heterocycles. The lowest BCUT2D eigenvalue weighted by atomic mass is 10.0. The Morgan fingerprint density at radius 1 is 0.433 bits per heavy atom. The Bertz CT molecular complexity index is 1660. The third-order valence-corrected chi connectivity index (χ3v) is 11.3. The summed E-state index contributed by atoms with van der Waals surface area (Å²) in [7, 11) is 0. The zero-order valence-corrected chi connectivity index (χ0v) is 38.5. The summed E-state index contributed by atoms with van der Waals surface area (Å²) in [6, 6.07) is 21.5. The van der Waals surface area contributed by atoms with E-state index >= 15 is 0 Å². The molecule has 0 atom stereocenters. The first kappa shape index (κ1) is 50.6. The number of esters is 1. The van der Waals surface area contributed by atoms with Crippen molar-refractivity contribution in [2.45, 2.75) is 181 Å². The van der Waals surface area contributed by atoms with E-state index in [-0.39, 0.29) is 5.97 Å². The molecule has 0 saturated heterocycles. The minimum Gasteiger partial charge on any atom is -0.494 e. The summed E-state index contributed by atoms with van der Waals surface area (Å²) in [6.07, 6.45) is 32.6. The average Bonchev–Trinajstić information content (AvgIpc) is 3.27. The molecule has 0 spiro atoms. The summed E-state index contributed by atoms with van der Waals surface area (Å²) in [5, 5.41) is 0. The number of carbonyl (C=O) groups excluding carboxylic acids is 1. The highest BCUT2D eigenvalue weighted by atomic mass is 32.1. The fraction of sp³-hybridized carbons (Fsp3) is 0.582. The molecule has 0 bridgehead atoms. The fourth-order valence-electron chi connectivity index (χ4n) is 7.18. The van der Waals surface area contributed by atoms with Crippen molar-refractivity contribution in [1.82, 2.24) is 0 Å². The number of thiol groups is 1. The summed E-state index contributed by atoms with van der Waals surface area (Å²) in [5.41, 5.74) is 3.57. The Balaban J connectivity index is 1.55. The third kappa shape index (κ3) is 24.5. The van der Waals surface area contributed by atoms with Gasteiger partial charge >= 0.3 is 5.97 Å². The van der Waals surface area contributed by atoms with E-state index in [2.05, 4.69) is 50.2 Å². The Labute approximate surface area is 372 Å². The number of carbonyl (C=O) groups is 1. The minimum atomic E-state index is -0.355. The van der Waals surface area contributed by atoms with Crippen molar-refractivity contribution in [2.24, 2.45) is 0 Å². The number of rotatable bonds is 33. The van der Waals surface area contributed by atoms with Crippen LogP contribution in [-0.2, 0) is 4.74 Å². The molecule has 0 saturated carbocycles. The summed E-state index contributed by atoms with van der Waals surface area (Å²) >= 11 is 4.30. The molecule has 3 rings (SSSR count). The van der Waals surface area contributed by atoms with Gasteiger partial charge < -0.3 is 14.2 Å². The van der Waals surface area contributed by atoms with Crippen molar-refractivity contribution < 1.29 is 19.0 Å². The quantitative estimate of drug-likeness (QED) is 0.0287. The van der Waals surface area contributed by atoms with E-state index in [1.54, 1.807) is 0 Å². The van der Waals surface area contributed by atoms with Crippen LogP contribution in [0.4, 0.5) is 0 Å². The standard InChI is InChI=1S/C55H78O4S/c1-3-5-7-9-11-17-21-25-43-57-52-39-33-48(34-40-52)29-30-50-32-38-51(54(47-50)55(56)59-45-27-23-19-15-13-14-16-20-24-28-46-60)37-31-49-35-41-53(42-36-49)58-44-26-22-18-12-10-8-6-4-2/h32-36,38-42,47,60H,3-28,43-46H2,1-2H3. The minimum absolute atomic E-state index is 0.355. The van der Waals surface area contributed by atoms with Crippen molar-refractivity contribution in [3.8, 4) is 35.2 Å². The van der Waals surface area contributed by atoms with Crippen LogP contribution in [0.3, 0.4) is 0 Å². The summed E-state index contributed by atoms with van der Waals surface area (Å²) in [5.74, 6) is 15.4. The van der Waals surface area contributed by atoms with Crippen LogP contribution in [0.1, 0.15) is 213 Å². The second-order valence-electron chi connectivity index (χ2n) is 16.4. The number of ether oxygens (including phenoxy) is 3. The van der Waals surface area contributed by atoms with Gasteiger partial charge in [-0.3, -0.25) is 0 Å². The number of unbranched alkanes of at least 4 members (excludes halogenated alkanes) is 23. The first-order valence-corrected chi connectivity index (χ1v) is 24.7. The highest BCUT2D eigenvalue weighted by Crippen LogP contribution is 2.18. The van der Waals surface area contributed by atoms with E-state index in [0.29, 0.717) is 17.7 Å². The van der Waals surface area contributed by atoms with Crippen LogP contribution in [0.5, 0.6) is 11.5 Å². The third-order valence-electron chi connectivity index (χ3n) is 11.0. The Hall–Kier alpha value is -3.80. The van der Waals surface area contributed by atoms with E-state index in [1.165, 1.54) is 141 Å². The molecule has 3 aromatic rings. The molecule has 0 unspecified atom stereocenters. The van der Waals surface area contributed by atoms with Crippen LogP contribution in [-0.4, -0.2) is 31.5 Å². The lowest BCUT2D eigenvalue weighted by molar-refractivity contribution is 0.0497. The zero-order valence-electron chi connectivity index (χ0n) is 37.6. The van der Waals surface area contributed by atoms with Gasteiger partial charge in [0.1, 0.15) is 11.5 Å². The second-order valence-corrected chi connectivity index (χ2v) is 16.8. The predicted molar refractivity (Wildman–Crippen MR) is 258 cm³/mol. The van der Waals surface area contributed by atoms with Crippen LogP contribution < -0.4 is 9.47 Å². The van der Waals surface area contributed by atoms with Gasteiger partial charge in [-0.2, -0.15) is 12.6 Å². The monoisotopic (exact) mass is 835 g/mol. The zero-order chi connectivity index (χ0) is 42.6. The predicted octanol–water partition coefficient (Wildman–Crippen LogP) is 15.5. The normalized spacial score (nSPS) is 10.7. The van der Waals surface area contributed by atoms with Gasteiger partial charge in [0.2, 0.25) is 0 Å². The van der Waals surface area contributed by atoms with E-state index in [9.17, 15) is 4.79 Å². The molecule has 0 aliphatic rings. The van der Waals surface area contributed by atoms with Crippen LogP contribution >= 0.6 is 12.6 Å². The van der Waals surface area contributed by atoms with Crippen LogP contribution in [0.2, 0.25) is 0 Å². The van der Waals surface area contributed by atoms with Gasteiger partial charge in [-0.1, -0.05) is 179 Å². The largest absolute Gasteiger partial charge is 0.494 e. The molecule has 0 aliphatic carbocycles. The lowest BCUT2D eigenvalue weighted by Crippen LogP contribution is -2.09. The van der Waals surface area contributed by atoms with E-state index in [0.717, 1.165) is 72.8 Å². The second kappa shape index (κ2) is 34.9. The van der Waals surface area contributed by atoms with Crippen LogP contribution in [0.25, 0.3) is 0 Å². The summed E-state index contributed by atoms with van der Waals surface area (Å²) < 4.78 is 17.8. The van der Waals surface area contributed by atoms with Gasteiger partial charge in [0.15, 0.2) is 0 Å². The van der Waals surface area contributed by atoms with Crippen molar-refractivity contribution in [2.75, 3.05) is 25.6 Å². The molecule has 3 aromatic carbocycles. The molecule has 0 fully saturated rings. The molecule has 60 heavy (non-hydrogen) atoms. The number of benzene rings is 3. The Kier molecular flexibility index (Phi) is 29.4. The average molecular weight is 835 g/mol. The highest BCUT2D eigenvalue weighted by Gasteiger charge is 2.13. The SMILES string of the molecule is CCCCCCCCCCOc1ccc(C#Cc2ccc(C#Cc3ccc(OCCCCCCCCCC)cc3)c(C(=O)OCCCCCCCCCCCCS)c2)cc1. The van der Waals surface area contributed by atoms with Crippen molar-refractivity contribution >= 4 is 18.6 Å². The smallest absolute Gasteiger partial charge is 0.339 e. The molecule has 328 valence electrons. The van der Waals surface area contributed by atoms with Gasteiger partial charge in [-0.25, -0.2) is 4.79 Å². The highest BCUT2D eigenvalue weighted by molar-refractivity contribution is 7.80. The lowest BCUT2D eigenvalue weighted by Gasteiger charge is -2.08. The van der Waals surface area contributed by atoms with Crippen LogP contribution in [0, 0.1) is 23.7 Å². The Morgan fingerprint density at radius 2 is 0.800 bits per heavy atom. The number of hydrogen-bond acceptors (Lipinski definition) is 5. The van der Waals surface area contributed by atoms with E-state index in [4.69, 9.17) is 14.2 Å². The van der Waals surface area contributed by atoms with Gasteiger partial charge in [0, 0.05) is 22.3 Å². The summed E-state index contributed by atoms with van der Waals surface area (Å²) in [4.78, 5) is 13.5. The summed E-state index contributed by atoms with van der Waals surface area (Å²) in [6.45, 7) is 6.40. The number of hydrogen-bond donors (Lipinski definition) is 1. The molecule has 0 radical (unpaired) electrons. The van der Waals surface area contributed by atoms with Gasteiger partial charge in [-0.15, -0.1) is 0 Å². The van der Waals surface area contributed by atoms with Crippen LogP contribution in [0.15, 0.2) is 66.7 Å². The van der Waals surface area contributed by atoms with Gasteiger partial charge in [-0.05, 0) is 98.2 Å². The molecule has 0 N–H and O–H groups in total. The Morgan fingerprint density at radius 3 is 1.25 bits per heavy atom.